The number of amidine groups is 1. The first-order valence-electron chi connectivity index (χ1n) is 8.22. The van der Waals surface area contributed by atoms with Crippen molar-refractivity contribution in [3.05, 3.63) is 53.9 Å². The minimum absolute atomic E-state index is 0.260. The summed E-state index contributed by atoms with van der Waals surface area (Å²) < 4.78 is 0. The molecule has 2 aromatic rings. The molecule has 0 saturated heterocycles. The summed E-state index contributed by atoms with van der Waals surface area (Å²) >= 11 is 1.79. The molecule has 0 radical (unpaired) electrons. The molecule has 130 valence electrons. The second kappa shape index (κ2) is 8.02. The number of H-pyrrole nitrogens is 1. The summed E-state index contributed by atoms with van der Waals surface area (Å²) in [4.78, 5) is 19.2. The molecule has 3 rings (SSSR count). The van der Waals surface area contributed by atoms with Crippen LogP contribution in [0.3, 0.4) is 0 Å². The van der Waals surface area contributed by atoms with Gasteiger partial charge in [0.05, 0.1) is 12.3 Å². The summed E-state index contributed by atoms with van der Waals surface area (Å²) in [5.74, 6) is -0.260. The zero-order valence-electron chi connectivity index (χ0n) is 14.2. The number of benzene rings is 1. The fourth-order valence-electron chi connectivity index (χ4n) is 2.35. The summed E-state index contributed by atoms with van der Waals surface area (Å²) in [7, 11) is 0. The summed E-state index contributed by atoms with van der Waals surface area (Å²) in [5, 5.41) is 9.05. The molecule has 1 aromatic carbocycles. The monoisotopic (exact) mass is 355 g/mol. The third kappa shape index (κ3) is 4.51. The van der Waals surface area contributed by atoms with Gasteiger partial charge in [-0.3, -0.25) is 9.79 Å². The number of hydrogen-bond donors (Lipinski definition) is 3. The Morgan fingerprint density at radius 3 is 2.80 bits per heavy atom. The third-order valence-corrected chi connectivity index (χ3v) is 5.16. The normalized spacial score (nSPS) is 17.3. The molecule has 0 fully saturated rings. The number of rotatable bonds is 5. The zero-order valence-corrected chi connectivity index (χ0v) is 15.1. The molecule has 0 aliphatic carbocycles. The van der Waals surface area contributed by atoms with E-state index in [1.807, 2.05) is 31.2 Å². The number of aromatic nitrogens is 1. The number of nitrogens with one attached hydrogen (secondary N) is 3. The number of amides is 1. The lowest BCUT2D eigenvalue weighted by atomic mass is 10.1. The lowest BCUT2D eigenvalue weighted by Gasteiger charge is -2.08. The summed E-state index contributed by atoms with van der Waals surface area (Å²) in [6.45, 7) is 4.93. The lowest BCUT2D eigenvalue weighted by Crippen LogP contribution is -2.19. The maximum Gasteiger partial charge on any atom is 0.287 e. The molecule has 1 aromatic heterocycles. The lowest BCUT2D eigenvalue weighted by molar-refractivity contribution is 0.0950. The first-order chi connectivity index (χ1) is 12.2. The van der Waals surface area contributed by atoms with Gasteiger partial charge in [-0.25, -0.2) is 5.43 Å². The topological polar surface area (TPSA) is 81.6 Å². The van der Waals surface area contributed by atoms with Crippen molar-refractivity contribution in [2.45, 2.75) is 25.5 Å². The largest absolute Gasteiger partial charge is 0.357 e. The molecule has 3 N–H and O–H groups in total. The Labute approximate surface area is 151 Å². The highest BCUT2D eigenvalue weighted by Crippen LogP contribution is 2.24. The van der Waals surface area contributed by atoms with Crippen molar-refractivity contribution in [1.29, 1.82) is 0 Å². The van der Waals surface area contributed by atoms with Crippen molar-refractivity contribution in [2.24, 2.45) is 10.1 Å². The van der Waals surface area contributed by atoms with Crippen LogP contribution in [0.15, 0.2) is 52.7 Å². The molecule has 0 bridgehead atoms. The van der Waals surface area contributed by atoms with E-state index in [1.165, 1.54) is 0 Å². The van der Waals surface area contributed by atoms with E-state index in [-0.39, 0.29) is 5.91 Å². The van der Waals surface area contributed by atoms with E-state index in [0.717, 1.165) is 35.1 Å². The van der Waals surface area contributed by atoms with E-state index in [0.29, 0.717) is 10.9 Å². The van der Waals surface area contributed by atoms with Crippen LogP contribution in [0.5, 0.6) is 0 Å². The van der Waals surface area contributed by atoms with Crippen LogP contribution in [0.4, 0.5) is 5.69 Å². The van der Waals surface area contributed by atoms with Crippen LogP contribution in [-0.4, -0.2) is 33.6 Å². The first kappa shape index (κ1) is 17.3. The van der Waals surface area contributed by atoms with Crippen LogP contribution in [0.25, 0.3) is 0 Å². The fraction of sp³-hybridized carbons (Fsp3) is 0.278. The standard InChI is InChI=1S/C18H21N5OS/c1-3-15-11-20-18(25-15)21-14-8-6-13(7-9-14)12(2)22-23-17(24)16-5-4-10-19-16/h4-10,15,19H,3,11H2,1-2H3,(H,20,21)(H,23,24)/b22-12-/t15-/m0/s1. The molecule has 7 heteroatoms. The minimum Gasteiger partial charge on any atom is -0.357 e. The first-order valence-corrected chi connectivity index (χ1v) is 9.10. The Morgan fingerprint density at radius 2 is 2.16 bits per heavy atom. The van der Waals surface area contributed by atoms with Gasteiger partial charge in [0.1, 0.15) is 5.69 Å². The predicted octanol–water partition coefficient (Wildman–Crippen LogP) is 3.46. The summed E-state index contributed by atoms with van der Waals surface area (Å²) in [6.07, 6.45) is 2.83. The summed E-state index contributed by atoms with van der Waals surface area (Å²) in [6, 6.07) is 11.4. The molecule has 1 amide bonds. The molecule has 0 unspecified atom stereocenters. The number of thioether (sulfide) groups is 1. The van der Waals surface area contributed by atoms with Crippen LogP contribution >= 0.6 is 11.8 Å². The molecule has 6 nitrogen and oxygen atoms in total. The number of carbonyl (C=O) groups is 1. The van der Waals surface area contributed by atoms with Gasteiger partial charge in [0, 0.05) is 17.1 Å². The van der Waals surface area contributed by atoms with E-state index in [4.69, 9.17) is 0 Å². The molecule has 1 atom stereocenters. The maximum atomic E-state index is 11.9. The molecular formula is C18H21N5OS. The van der Waals surface area contributed by atoms with Crippen LogP contribution in [0, 0.1) is 0 Å². The van der Waals surface area contributed by atoms with Gasteiger partial charge < -0.3 is 10.3 Å². The number of carbonyl (C=O) groups excluding carboxylic acids is 1. The van der Waals surface area contributed by atoms with Gasteiger partial charge in [-0.2, -0.15) is 5.10 Å². The van der Waals surface area contributed by atoms with Gasteiger partial charge in [0.25, 0.3) is 5.91 Å². The van der Waals surface area contributed by atoms with E-state index in [1.54, 1.807) is 30.1 Å². The number of nitrogens with zero attached hydrogens (tertiary/aromatic N) is 2. The quantitative estimate of drug-likeness (QED) is 0.567. The third-order valence-electron chi connectivity index (χ3n) is 3.89. The van der Waals surface area contributed by atoms with Crippen molar-refractivity contribution >= 4 is 34.2 Å². The molecule has 0 saturated carbocycles. The van der Waals surface area contributed by atoms with Crippen LogP contribution < -0.4 is 10.7 Å². The molecule has 0 spiro atoms. The Hall–Kier alpha value is -2.54. The van der Waals surface area contributed by atoms with Gasteiger partial charge >= 0.3 is 0 Å². The Kier molecular flexibility index (Phi) is 5.55. The van der Waals surface area contributed by atoms with Crippen LogP contribution in [0.2, 0.25) is 0 Å². The maximum absolute atomic E-state index is 11.9. The van der Waals surface area contributed by atoms with E-state index >= 15 is 0 Å². The molecule has 1 aliphatic rings. The second-order valence-corrected chi connectivity index (χ2v) is 7.01. The zero-order chi connectivity index (χ0) is 17.6. The van der Waals surface area contributed by atoms with Gasteiger partial charge in [0.2, 0.25) is 0 Å². The van der Waals surface area contributed by atoms with Crippen LogP contribution in [0.1, 0.15) is 36.3 Å². The smallest absolute Gasteiger partial charge is 0.287 e. The number of aliphatic imine (C=N–C) groups is 1. The highest BCUT2D eigenvalue weighted by molar-refractivity contribution is 8.15. The van der Waals surface area contributed by atoms with Crippen molar-refractivity contribution in [2.75, 3.05) is 11.9 Å². The molecule has 2 heterocycles. The fourth-order valence-corrected chi connectivity index (χ4v) is 3.31. The predicted molar refractivity (Wildman–Crippen MR) is 105 cm³/mol. The molecule has 1 aliphatic heterocycles. The van der Waals surface area contributed by atoms with Crippen molar-refractivity contribution in [3.63, 3.8) is 0 Å². The average Bonchev–Trinajstić information content (AvgIpc) is 3.32. The Bertz CT molecular complexity index is 780. The Morgan fingerprint density at radius 1 is 1.36 bits per heavy atom. The highest BCUT2D eigenvalue weighted by atomic mass is 32.2. The minimum atomic E-state index is -0.260. The molecule has 25 heavy (non-hydrogen) atoms. The average molecular weight is 355 g/mol. The summed E-state index contributed by atoms with van der Waals surface area (Å²) in [5.41, 5.74) is 5.72. The van der Waals surface area contributed by atoms with E-state index in [2.05, 4.69) is 32.7 Å². The van der Waals surface area contributed by atoms with Gasteiger partial charge in [-0.15, -0.1) is 0 Å². The van der Waals surface area contributed by atoms with Crippen molar-refractivity contribution < 1.29 is 4.79 Å². The van der Waals surface area contributed by atoms with Crippen molar-refractivity contribution in [3.8, 4) is 0 Å². The number of hydrazone groups is 1. The van der Waals surface area contributed by atoms with E-state index in [9.17, 15) is 4.79 Å². The number of anilines is 1. The van der Waals surface area contributed by atoms with Crippen molar-refractivity contribution in [1.82, 2.24) is 10.4 Å². The van der Waals surface area contributed by atoms with Gasteiger partial charge in [-0.05, 0) is 43.2 Å². The number of hydrogen-bond acceptors (Lipinski definition) is 5. The SMILES string of the molecule is CC[C@H]1CN=C(Nc2ccc(/C(C)=N\NC(=O)c3ccc[nH]3)cc2)S1. The van der Waals surface area contributed by atoms with Gasteiger partial charge in [0.15, 0.2) is 5.17 Å². The van der Waals surface area contributed by atoms with Crippen LogP contribution in [-0.2, 0) is 0 Å². The highest BCUT2D eigenvalue weighted by Gasteiger charge is 2.17. The van der Waals surface area contributed by atoms with Gasteiger partial charge in [-0.1, -0.05) is 30.8 Å². The second-order valence-electron chi connectivity index (χ2n) is 5.72. The Balaban J connectivity index is 1.58. The number of aromatic amines is 1. The molecular weight excluding hydrogens is 334 g/mol. The van der Waals surface area contributed by atoms with E-state index < -0.39 is 0 Å².